The minimum Gasteiger partial charge on any atom is -0.496 e. The highest BCUT2D eigenvalue weighted by Gasteiger charge is 2.14. The number of nitrogens with zero attached hydrogens (tertiary/aromatic N) is 1. The second kappa shape index (κ2) is 7.72. The molecule has 0 bridgehead atoms. The number of rotatable bonds is 4. The van der Waals surface area contributed by atoms with Gasteiger partial charge >= 0.3 is 0 Å². The Kier molecular flexibility index (Phi) is 5.20. The SMILES string of the molecule is COc1cc2ccccc2cc1C(=O)NC(=S)NCc1cccnc1. The van der Waals surface area contributed by atoms with E-state index in [2.05, 4.69) is 15.6 Å². The average Bonchev–Trinajstić information content (AvgIpc) is 2.66. The van der Waals surface area contributed by atoms with E-state index in [-0.39, 0.29) is 11.0 Å². The topological polar surface area (TPSA) is 63.2 Å². The van der Waals surface area contributed by atoms with Crippen molar-refractivity contribution in [3.05, 3.63) is 72.1 Å². The third-order valence-electron chi connectivity index (χ3n) is 3.72. The summed E-state index contributed by atoms with van der Waals surface area (Å²) in [5.41, 5.74) is 1.41. The minimum absolute atomic E-state index is 0.254. The second-order valence-electron chi connectivity index (χ2n) is 5.40. The fraction of sp³-hybridized carbons (Fsp3) is 0.105. The van der Waals surface area contributed by atoms with Gasteiger partial charge in [0.25, 0.3) is 5.91 Å². The van der Waals surface area contributed by atoms with E-state index in [9.17, 15) is 4.79 Å². The van der Waals surface area contributed by atoms with Crippen molar-refractivity contribution in [1.82, 2.24) is 15.6 Å². The standard InChI is InChI=1S/C19H17N3O2S/c1-24-17-10-15-7-3-2-6-14(15)9-16(17)18(23)22-19(25)21-12-13-5-4-8-20-11-13/h2-11H,12H2,1H3,(H2,21,22,23,25). The summed E-state index contributed by atoms with van der Waals surface area (Å²) in [7, 11) is 1.54. The van der Waals surface area contributed by atoms with Crippen molar-refractivity contribution in [2.24, 2.45) is 0 Å². The molecule has 0 saturated carbocycles. The number of aromatic nitrogens is 1. The van der Waals surface area contributed by atoms with Crippen LogP contribution in [-0.4, -0.2) is 23.1 Å². The lowest BCUT2D eigenvalue weighted by atomic mass is 10.1. The molecule has 0 fully saturated rings. The average molecular weight is 351 g/mol. The maximum atomic E-state index is 12.6. The Bertz CT molecular complexity index is 913. The smallest absolute Gasteiger partial charge is 0.261 e. The quantitative estimate of drug-likeness (QED) is 0.708. The van der Waals surface area contributed by atoms with E-state index >= 15 is 0 Å². The van der Waals surface area contributed by atoms with Gasteiger partial charge in [0.15, 0.2) is 5.11 Å². The summed E-state index contributed by atoms with van der Waals surface area (Å²) >= 11 is 5.20. The summed E-state index contributed by atoms with van der Waals surface area (Å²) in [5, 5.41) is 7.90. The molecule has 3 rings (SSSR count). The van der Waals surface area contributed by atoms with Crippen LogP contribution < -0.4 is 15.4 Å². The number of hydrogen-bond acceptors (Lipinski definition) is 4. The number of amides is 1. The first-order chi connectivity index (χ1) is 12.2. The summed E-state index contributed by atoms with van der Waals surface area (Å²) in [4.78, 5) is 16.6. The molecular weight excluding hydrogens is 334 g/mol. The van der Waals surface area contributed by atoms with Crippen molar-refractivity contribution >= 4 is 34.0 Å². The summed E-state index contributed by atoms with van der Waals surface area (Å²) in [6.07, 6.45) is 3.44. The number of thiocarbonyl (C=S) groups is 1. The number of benzene rings is 2. The van der Waals surface area contributed by atoms with Crippen molar-refractivity contribution in [3.8, 4) is 5.75 Å². The summed E-state index contributed by atoms with van der Waals surface area (Å²) in [6, 6.07) is 15.2. The molecule has 5 nitrogen and oxygen atoms in total. The molecule has 126 valence electrons. The number of carbonyl (C=O) groups is 1. The van der Waals surface area contributed by atoms with Crippen molar-refractivity contribution in [2.45, 2.75) is 6.54 Å². The maximum Gasteiger partial charge on any atom is 0.261 e. The number of methoxy groups -OCH3 is 1. The molecule has 1 amide bonds. The molecule has 25 heavy (non-hydrogen) atoms. The van der Waals surface area contributed by atoms with Gasteiger partial charge in [-0.15, -0.1) is 0 Å². The first-order valence-electron chi connectivity index (χ1n) is 7.72. The predicted molar refractivity (Wildman–Crippen MR) is 102 cm³/mol. The van der Waals surface area contributed by atoms with Gasteiger partial charge in [0, 0.05) is 18.9 Å². The zero-order chi connectivity index (χ0) is 17.6. The van der Waals surface area contributed by atoms with Gasteiger partial charge in [0.05, 0.1) is 12.7 Å². The Hall–Kier alpha value is -2.99. The molecule has 0 saturated heterocycles. The predicted octanol–water partition coefficient (Wildman–Crippen LogP) is 3.05. The van der Waals surface area contributed by atoms with E-state index < -0.39 is 0 Å². The number of carbonyl (C=O) groups excluding carboxylic acids is 1. The molecule has 1 heterocycles. The monoisotopic (exact) mass is 351 g/mol. The Labute approximate surface area is 151 Å². The number of ether oxygens (including phenoxy) is 1. The van der Waals surface area contributed by atoms with Crippen LogP contribution in [0.1, 0.15) is 15.9 Å². The third kappa shape index (κ3) is 4.10. The Morgan fingerprint density at radius 1 is 1.16 bits per heavy atom. The van der Waals surface area contributed by atoms with Crippen LogP contribution in [0.25, 0.3) is 10.8 Å². The fourth-order valence-electron chi connectivity index (χ4n) is 2.47. The molecule has 0 aliphatic heterocycles. The molecule has 0 atom stereocenters. The molecule has 2 N–H and O–H groups in total. The Morgan fingerprint density at radius 2 is 1.92 bits per heavy atom. The van der Waals surface area contributed by atoms with E-state index in [0.717, 1.165) is 16.3 Å². The van der Waals surface area contributed by atoms with Gasteiger partial charge in [-0.1, -0.05) is 30.3 Å². The van der Waals surface area contributed by atoms with Crippen molar-refractivity contribution < 1.29 is 9.53 Å². The Morgan fingerprint density at radius 3 is 2.60 bits per heavy atom. The molecule has 2 aromatic carbocycles. The van der Waals surface area contributed by atoms with E-state index in [1.807, 2.05) is 42.5 Å². The van der Waals surface area contributed by atoms with Crippen LogP contribution in [0, 0.1) is 0 Å². The van der Waals surface area contributed by atoms with E-state index in [0.29, 0.717) is 17.9 Å². The van der Waals surface area contributed by atoms with E-state index in [4.69, 9.17) is 17.0 Å². The van der Waals surface area contributed by atoms with Crippen LogP contribution in [0.5, 0.6) is 5.75 Å². The number of nitrogens with one attached hydrogen (secondary N) is 2. The summed E-state index contributed by atoms with van der Waals surface area (Å²) in [6.45, 7) is 0.488. The largest absolute Gasteiger partial charge is 0.496 e. The number of pyridine rings is 1. The third-order valence-corrected chi connectivity index (χ3v) is 3.96. The normalized spacial score (nSPS) is 10.3. The number of hydrogen-bond donors (Lipinski definition) is 2. The first-order valence-corrected chi connectivity index (χ1v) is 8.13. The molecule has 0 aliphatic carbocycles. The highest BCUT2D eigenvalue weighted by atomic mass is 32.1. The van der Waals surface area contributed by atoms with E-state index in [1.54, 1.807) is 25.6 Å². The van der Waals surface area contributed by atoms with Gasteiger partial charge in [-0.05, 0) is 46.8 Å². The van der Waals surface area contributed by atoms with Gasteiger partial charge in [0.2, 0.25) is 0 Å². The maximum absolute atomic E-state index is 12.6. The Balaban J connectivity index is 1.72. The van der Waals surface area contributed by atoms with Crippen LogP contribution in [0.2, 0.25) is 0 Å². The van der Waals surface area contributed by atoms with Gasteiger partial charge in [0.1, 0.15) is 5.75 Å². The van der Waals surface area contributed by atoms with Crippen LogP contribution in [0.4, 0.5) is 0 Å². The fourth-order valence-corrected chi connectivity index (χ4v) is 2.63. The van der Waals surface area contributed by atoms with Crippen LogP contribution in [0.3, 0.4) is 0 Å². The molecule has 0 unspecified atom stereocenters. The molecule has 1 aromatic heterocycles. The number of fused-ring (bicyclic) bond motifs is 1. The molecule has 0 radical (unpaired) electrons. The molecule has 6 heteroatoms. The van der Waals surface area contributed by atoms with Gasteiger partial charge < -0.3 is 10.1 Å². The van der Waals surface area contributed by atoms with Crippen LogP contribution >= 0.6 is 12.2 Å². The molecular formula is C19H17N3O2S. The minimum atomic E-state index is -0.314. The molecule has 3 aromatic rings. The first kappa shape index (κ1) is 16.9. The van der Waals surface area contributed by atoms with Gasteiger partial charge in [-0.25, -0.2) is 0 Å². The highest BCUT2D eigenvalue weighted by Crippen LogP contribution is 2.25. The van der Waals surface area contributed by atoms with E-state index in [1.165, 1.54) is 0 Å². The zero-order valence-corrected chi connectivity index (χ0v) is 14.5. The molecule has 0 spiro atoms. The van der Waals surface area contributed by atoms with Crippen molar-refractivity contribution in [3.63, 3.8) is 0 Å². The zero-order valence-electron chi connectivity index (χ0n) is 13.7. The summed E-state index contributed by atoms with van der Waals surface area (Å²) in [5.74, 6) is 0.192. The van der Waals surface area contributed by atoms with Crippen LogP contribution in [0.15, 0.2) is 60.9 Å². The second-order valence-corrected chi connectivity index (χ2v) is 5.81. The lowest BCUT2D eigenvalue weighted by Crippen LogP contribution is -2.39. The van der Waals surface area contributed by atoms with Crippen molar-refractivity contribution in [1.29, 1.82) is 0 Å². The van der Waals surface area contributed by atoms with Crippen LogP contribution in [-0.2, 0) is 6.54 Å². The molecule has 0 aliphatic rings. The highest BCUT2D eigenvalue weighted by molar-refractivity contribution is 7.80. The lowest BCUT2D eigenvalue weighted by molar-refractivity contribution is 0.0974. The van der Waals surface area contributed by atoms with Gasteiger partial charge in [-0.3, -0.25) is 15.1 Å². The van der Waals surface area contributed by atoms with Crippen molar-refractivity contribution in [2.75, 3.05) is 7.11 Å². The summed E-state index contributed by atoms with van der Waals surface area (Å²) < 4.78 is 5.35. The van der Waals surface area contributed by atoms with Gasteiger partial charge in [-0.2, -0.15) is 0 Å². The lowest BCUT2D eigenvalue weighted by Gasteiger charge is -2.12.